The van der Waals surface area contributed by atoms with Crippen LogP contribution in [0.2, 0.25) is 0 Å². The number of anilines is 1. The highest BCUT2D eigenvalue weighted by Gasteiger charge is 2.33. The molecule has 0 radical (unpaired) electrons. The summed E-state index contributed by atoms with van der Waals surface area (Å²) in [6.45, 7) is 2.20. The molecule has 2 heterocycles. The van der Waals surface area contributed by atoms with Crippen molar-refractivity contribution in [3.05, 3.63) is 29.8 Å². The number of aliphatic hydroxyl groups is 1. The average molecular weight is 262 g/mol. The molecule has 0 aromatic heterocycles. The van der Waals surface area contributed by atoms with Crippen molar-refractivity contribution in [2.75, 3.05) is 38.2 Å². The van der Waals surface area contributed by atoms with Crippen LogP contribution in [0.3, 0.4) is 0 Å². The van der Waals surface area contributed by atoms with Gasteiger partial charge in [0.25, 0.3) is 0 Å². The van der Waals surface area contributed by atoms with E-state index in [4.69, 9.17) is 9.84 Å². The van der Waals surface area contributed by atoms with Gasteiger partial charge in [-0.25, -0.2) is 0 Å². The molecule has 1 amide bonds. The lowest BCUT2D eigenvalue weighted by Crippen LogP contribution is -2.48. The number of nitrogens with zero attached hydrogens (tertiary/aromatic N) is 1. The molecule has 1 saturated heterocycles. The number of aliphatic hydroxyl groups excluding tert-OH is 1. The number of ether oxygens (including phenoxy) is 1. The smallest absolute Gasteiger partial charge is 0.232 e. The van der Waals surface area contributed by atoms with Crippen molar-refractivity contribution in [1.29, 1.82) is 0 Å². The van der Waals surface area contributed by atoms with Crippen LogP contribution in [-0.4, -0.2) is 54.9 Å². The highest BCUT2D eigenvalue weighted by atomic mass is 16.5. The Bertz CT molecular complexity index is 478. The Morgan fingerprint density at radius 2 is 2.32 bits per heavy atom. The van der Waals surface area contributed by atoms with E-state index < -0.39 is 0 Å². The minimum Gasteiger partial charge on any atom is -0.394 e. The average Bonchev–Trinajstić information content (AvgIpc) is 2.90. The molecule has 1 aromatic rings. The van der Waals surface area contributed by atoms with Crippen LogP contribution in [0, 0.1) is 0 Å². The molecule has 2 aliphatic heterocycles. The van der Waals surface area contributed by atoms with E-state index in [-0.39, 0.29) is 24.5 Å². The van der Waals surface area contributed by atoms with Crippen molar-refractivity contribution in [1.82, 2.24) is 4.90 Å². The second kappa shape index (κ2) is 5.19. The normalized spacial score (nSPS) is 25.8. The van der Waals surface area contributed by atoms with Crippen LogP contribution in [0.1, 0.15) is 11.5 Å². The summed E-state index contributed by atoms with van der Waals surface area (Å²) in [6.07, 6.45) is -0.248. The van der Waals surface area contributed by atoms with Gasteiger partial charge in [-0.2, -0.15) is 0 Å². The van der Waals surface area contributed by atoms with Crippen LogP contribution in [0.15, 0.2) is 24.3 Å². The zero-order valence-electron chi connectivity index (χ0n) is 10.7. The third kappa shape index (κ3) is 2.31. The molecule has 2 atom stereocenters. The van der Waals surface area contributed by atoms with Crippen LogP contribution < -0.4 is 5.32 Å². The number of fused-ring (bicyclic) bond motifs is 1. The number of amides is 1. The van der Waals surface area contributed by atoms with Crippen LogP contribution in [-0.2, 0) is 9.53 Å². The summed E-state index contributed by atoms with van der Waals surface area (Å²) in [5.74, 6) is 0.00726. The number of hydrogen-bond donors (Lipinski definition) is 2. The predicted octanol–water partition coefficient (Wildman–Crippen LogP) is 0.415. The standard InChI is InChI=1S/C14H18N2O3/c17-9-10-8-16(5-6-19-10)14(18)12-7-15-13-4-2-1-3-11(12)13/h1-4,10,12,15,17H,5-9H2. The zero-order valence-corrected chi connectivity index (χ0v) is 10.7. The van der Waals surface area contributed by atoms with Crippen molar-refractivity contribution >= 4 is 11.6 Å². The van der Waals surface area contributed by atoms with Gasteiger partial charge in [0.15, 0.2) is 0 Å². The second-order valence-electron chi connectivity index (χ2n) is 4.98. The first-order valence-electron chi connectivity index (χ1n) is 6.63. The van der Waals surface area contributed by atoms with Crippen molar-refractivity contribution in [2.45, 2.75) is 12.0 Å². The van der Waals surface area contributed by atoms with E-state index in [0.717, 1.165) is 11.3 Å². The van der Waals surface area contributed by atoms with Gasteiger partial charge in [-0.05, 0) is 11.6 Å². The Balaban J connectivity index is 1.75. The SMILES string of the molecule is O=C(C1CNc2ccccc21)N1CCOC(CO)C1. The van der Waals surface area contributed by atoms with E-state index in [1.54, 1.807) is 4.90 Å². The maximum Gasteiger partial charge on any atom is 0.232 e. The van der Waals surface area contributed by atoms with Crippen LogP contribution >= 0.6 is 0 Å². The summed E-state index contributed by atoms with van der Waals surface area (Å²) in [5, 5.41) is 12.4. The third-order valence-corrected chi connectivity index (χ3v) is 3.79. The molecule has 0 bridgehead atoms. The molecular formula is C14H18N2O3. The fourth-order valence-electron chi connectivity index (χ4n) is 2.75. The lowest BCUT2D eigenvalue weighted by molar-refractivity contribution is -0.141. The van der Waals surface area contributed by atoms with E-state index in [0.29, 0.717) is 26.2 Å². The molecule has 5 nitrogen and oxygen atoms in total. The van der Waals surface area contributed by atoms with E-state index in [1.165, 1.54) is 0 Å². The van der Waals surface area contributed by atoms with Crippen molar-refractivity contribution in [2.24, 2.45) is 0 Å². The summed E-state index contributed by atoms with van der Waals surface area (Å²) < 4.78 is 5.38. The Labute approximate surface area is 112 Å². The molecular weight excluding hydrogens is 244 g/mol. The monoisotopic (exact) mass is 262 g/mol. The fourth-order valence-corrected chi connectivity index (χ4v) is 2.75. The lowest BCUT2D eigenvalue weighted by Gasteiger charge is -2.33. The first-order valence-corrected chi connectivity index (χ1v) is 6.63. The number of nitrogens with one attached hydrogen (secondary N) is 1. The van der Waals surface area contributed by atoms with Gasteiger partial charge < -0.3 is 20.1 Å². The quantitative estimate of drug-likeness (QED) is 0.810. The van der Waals surface area contributed by atoms with Gasteiger partial charge in [-0.3, -0.25) is 4.79 Å². The van der Waals surface area contributed by atoms with Gasteiger partial charge in [0.2, 0.25) is 5.91 Å². The highest BCUT2D eigenvalue weighted by molar-refractivity contribution is 5.88. The molecule has 19 heavy (non-hydrogen) atoms. The molecule has 1 aromatic carbocycles. The number of para-hydroxylation sites is 1. The first-order chi connectivity index (χ1) is 9.29. The van der Waals surface area contributed by atoms with E-state index in [1.807, 2.05) is 24.3 Å². The fraction of sp³-hybridized carbons (Fsp3) is 0.500. The van der Waals surface area contributed by atoms with Gasteiger partial charge in [0.05, 0.1) is 25.2 Å². The summed E-state index contributed by atoms with van der Waals surface area (Å²) in [7, 11) is 0. The van der Waals surface area contributed by atoms with Gasteiger partial charge in [0.1, 0.15) is 0 Å². The number of carbonyl (C=O) groups is 1. The molecule has 0 spiro atoms. The maximum absolute atomic E-state index is 12.6. The summed E-state index contributed by atoms with van der Waals surface area (Å²) in [5.41, 5.74) is 2.12. The molecule has 2 N–H and O–H groups in total. The maximum atomic E-state index is 12.6. The van der Waals surface area contributed by atoms with Crippen molar-refractivity contribution in [3.63, 3.8) is 0 Å². The molecule has 2 unspecified atom stereocenters. The van der Waals surface area contributed by atoms with Crippen molar-refractivity contribution < 1.29 is 14.6 Å². The molecule has 2 aliphatic rings. The summed E-state index contributed by atoms with van der Waals surface area (Å²) >= 11 is 0. The number of morpholine rings is 1. The lowest BCUT2D eigenvalue weighted by atomic mass is 9.99. The summed E-state index contributed by atoms with van der Waals surface area (Å²) in [6, 6.07) is 7.93. The molecule has 0 aliphatic carbocycles. The zero-order chi connectivity index (χ0) is 13.2. The third-order valence-electron chi connectivity index (χ3n) is 3.79. The Hall–Kier alpha value is -1.59. The van der Waals surface area contributed by atoms with Gasteiger partial charge in [-0.1, -0.05) is 18.2 Å². The largest absolute Gasteiger partial charge is 0.394 e. The Morgan fingerprint density at radius 3 is 3.16 bits per heavy atom. The second-order valence-corrected chi connectivity index (χ2v) is 4.98. The molecule has 102 valence electrons. The Kier molecular flexibility index (Phi) is 3.40. The molecule has 3 rings (SSSR count). The van der Waals surface area contributed by atoms with E-state index in [2.05, 4.69) is 5.32 Å². The number of hydrogen-bond acceptors (Lipinski definition) is 4. The van der Waals surface area contributed by atoms with Crippen LogP contribution in [0.4, 0.5) is 5.69 Å². The van der Waals surface area contributed by atoms with Crippen LogP contribution in [0.5, 0.6) is 0 Å². The molecule has 0 saturated carbocycles. The van der Waals surface area contributed by atoms with Crippen LogP contribution in [0.25, 0.3) is 0 Å². The first kappa shape index (κ1) is 12.4. The highest BCUT2D eigenvalue weighted by Crippen LogP contribution is 2.32. The summed E-state index contributed by atoms with van der Waals surface area (Å²) in [4.78, 5) is 14.4. The number of rotatable bonds is 2. The number of carbonyl (C=O) groups excluding carboxylic acids is 1. The van der Waals surface area contributed by atoms with Crippen molar-refractivity contribution in [3.8, 4) is 0 Å². The minimum absolute atomic E-state index is 0.0384. The Morgan fingerprint density at radius 1 is 1.47 bits per heavy atom. The molecule has 1 fully saturated rings. The topological polar surface area (TPSA) is 61.8 Å². The molecule has 5 heteroatoms. The van der Waals surface area contributed by atoms with Gasteiger partial charge in [0, 0.05) is 25.3 Å². The van der Waals surface area contributed by atoms with Gasteiger partial charge >= 0.3 is 0 Å². The van der Waals surface area contributed by atoms with E-state index >= 15 is 0 Å². The van der Waals surface area contributed by atoms with E-state index in [9.17, 15) is 4.79 Å². The minimum atomic E-state index is -0.248. The van der Waals surface area contributed by atoms with Gasteiger partial charge in [-0.15, -0.1) is 0 Å². The predicted molar refractivity (Wildman–Crippen MR) is 71.1 cm³/mol. The number of benzene rings is 1.